The van der Waals surface area contributed by atoms with Crippen LogP contribution in [0.4, 0.5) is 21.0 Å². The smallest absolute Gasteiger partial charge is 0.416 e. The number of anilines is 2. The predicted molar refractivity (Wildman–Crippen MR) is 98.7 cm³/mol. The van der Waals surface area contributed by atoms with Crippen LogP contribution in [0.15, 0.2) is 24.5 Å². The minimum atomic E-state index is -0.913. The molecule has 0 saturated carbocycles. The van der Waals surface area contributed by atoms with Gasteiger partial charge in [-0.15, -0.1) is 0 Å². The Morgan fingerprint density at radius 3 is 2.82 bits per heavy atom. The summed E-state index contributed by atoms with van der Waals surface area (Å²) < 4.78 is 24.6. The molecule has 1 saturated heterocycles. The van der Waals surface area contributed by atoms with Gasteiger partial charge in [0.1, 0.15) is 18.4 Å². The number of hydrogen-bond donors (Lipinski definition) is 2. The molecule has 0 bridgehead atoms. The number of amides is 1. The Balaban J connectivity index is 1.80. The zero-order chi connectivity index (χ0) is 20.3. The molecule has 0 radical (unpaired) electrons. The van der Waals surface area contributed by atoms with E-state index in [4.69, 9.17) is 9.47 Å². The maximum atomic E-state index is 14.3. The molecule has 28 heavy (non-hydrogen) atoms. The third-order valence-electron chi connectivity index (χ3n) is 4.28. The molecule has 3 heterocycles. The highest BCUT2D eigenvalue weighted by molar-refractivity contribution is 5.89. The fraction of sp³-hybridized carbons (Fsp3) is 0.444. The first-order valence-electron chi connectivity index (χ1n) is 8.92. The molecule has 1 fully saturated rings. The Morgan fingerprint density at radius 1 is 1.39 bits per heavy atom. The molecule has 0 spiro atoms. The summed E-state index contributed by atoms with van der Waals surface area (Å²) in [6.45, 7) is 5.73. The van der Waals surface area contributed by atoms with E-state index in [0.29, 0.717) is 18.1 Å². The third kappa shape index (κ3) is 4.11. The van der Waals surface area contributed by atoms with Crippen LogP contribution in [0.1, 0.15) is 32.5 Å². The predicted octanol–water partition coefficient (Wildman–Crippen LogP) is 2.29. The lowest BCUT2D eigenvalue weighted by Gasteiger charge is -2.23. The number of carbonyl (C=O) groups is 1. The van der Waals surface area contributed by atoms with E-state index in [9.17, 15) is 14.3 Å². The molecule has 1 aliphatic heterocycles. The van der Waals surface area contributed by atoms with Crippen molar-refractivity contribution in [2.45, 2.75) is 39.0 Å². The van der Waals surface area contributed by atoms with Gasteiger partial charge in [0.15, 0.2) is 11.6 Å². The lowest BCUT2D eigenvalue weighted by Crippen LogP contribution is -2.42. The van der Waals surface area contributed by atoms with Gasteiger partial charge in [0.05, 0.1) is 36.8 Å². The van der Waals surface area contributed by atoms with Crippen LogP contribution < -0.4 is 15.0 Å². The van der Waals surface area contributed by atoms with Crippen LogP contribution in [0.25, 0.3) is 0 Å². The van der Waals surface area contributed by atoms with Crippen LogP contribution in [0, 0.1) is 5.82 Å². The highest BCUT2D eigenvalue weighted by Gasteiger charge is 2.39. The molecule has 1 aliphatic rings. The number of rotatable bonds is 7. The van der Waals surface area contributed by atoms with E-state index in [1.54, 1.807) is 18.3 Å². The summed E-state index contributed by atoms with van der Waals surface area (Å²) in [5, 5.41) is 12.9. The second kappa shape index (κ2) is 8.34. The summed E-state index contributed by atoms with van der Waals surface area (Å²) in [5.74, 6) is -0.265. The first kappa shape index (κ1) is 19.7. The Kier molecular flexibility index (Phi) is 5.88. The maximum Gasteiger partial charge on any atom is 0.416 e. The molecule has 3 atom stereocenters. The molecule has 3 rings (SSSR count). The highest BCUT2D eigenvalue weighted by atomic mass is 19.1. The van der Waals surface area contributed by atoms with E-state index in [1.165, 1.54) is 6.92 Å². The minimum absolute atomic E-state index is 0.0464. The summed E-state index contributed by atoms with van der Waals surface area (Å²) >= 11 is 0. The number of aliphatic hydroxyl groups excluding tert-OH is 1. The molecular formula is C18H22FN5O4. The fourth-order valence-electron chi connectivity index (χ4n) is 2.80. The van der Waals surface area contributed by atoms with Gasteiger partial charge in [0, 0.05) is 0 Å². The number of ether oxygens (including phenoxy) is 2. The van der Waals surface area contributed by atoms with Crippen molar-refractivity contribution < 1.29 is 23.8 Å². The second-order valence-corrected chi connectivity index (χ2v) is 6.34. The van der Waals surface area contributed by atoms with Crippen molar-refractivity contribution in [1.82, 2.24) is 15.0 Å². The number of pyridine rings is 1. The Morgan fingerprint density at radius 2 is 2.18 bits per heavy atom. The van der Waals surface area contributed by atoms with Crippen LogP contribution in [0.2, 0.25) is 0 Å². The second-order valence-electron chi connectivity index (χ2n) is 6.34. The van der Waals surface area contributed by atoms with Crippen molar-refractivity contribution in [3.63, 3.8) is 0 Å². The molecular weight excluding hydrogens is 369 g/mol. The van der Waals surface area contributed by atoms with Gasteiger partial charge in [0.2, 0.25) is 5.95 Å². The summed E-state index contributed by atoms with van der Waals surface area (Å²) in [5.41, 5.74) is 0.709. The zero-order valence-corrected chi connectivity index (χ0v) is 15.8. The number of cyclic esters (lactones) is 1. The number of hydrogen-bond acceptors (Lipinski definition) is 8. The summed E-state index contributed by atoms with van der Waals surface area (Å²) in [6.07, 6.45) is 0.898. The molecule has 2 aromatic heterocycles. The molecule has 10 heteroatoms. The van der Waals surface area contributed by atoms with Crippen LogP contribution in [-0.2, 0) is 4.74 Å². The first-order chi connectivity index (χ1) is 13.4. The summed E-state index contributed by atoms with van der Waals surface area (Å²) in [7, 11) is 0. The van der Waals surface area contributed by atoms with Gasteiger partial charge < -0.3 is 19.9 Å². The molecule has 0 aliphatic carbocycles. The lowest BCUT2D eigenvalue weighted by atomic mass is 10.2. The van der Waals surface area contributed by atoms with Gasteiger partial charge >= 0.3 is 6.09 Å². The maximum absolute atomic E-state index is 14.3. The quantitative estimate of drug-likeness (QED) is 0.740. The molecule has 0 unspecified atom stereocenters. The summed E-state index contributed by atoms with van der Waals surface area (Å²) in [4.78, 5) is 25.4. The van der Waals surface area contributed by atoms with E-state index >= 15 is 0 Å². The van der Waals surface area contributed by atoms with Gasteiger partial charge in [0.25, 0.3) is 0 Å². The number of aliphatic hydroxyl groups is 1. The largest absolute Gasteiger partial charge is 0.492 e. The van der Waals surface area contributed by atoms with Crippen molar-refractivity contribution in [2.24, 2.45) is 0 Å². The van der Waals surface area contributed by atoms with Crippen molar-refractivity contribution in [2.75, 3.05) is 23.4 Å². The van der Waals surface area contributed by atoms with Crippen molar-refractivity contribution in [3.05, 3.63) is 36.0 Å². The lowest BCUT2D eigenvalue weighted by molar-refractivity contribution is 0.142. The topological polar surface area (TPSA) is 110 Å². The van der Waals surface area contributed by atoms with E-state index in [2.05, 4.69) is 20.3 Å². The number of nitrogens with one attached hydrogen (secondary N) is 1. The fourth-order valence-corrected chi connectivity index (χ4v) is 2.80. The van der Waals surface area contributed by atoms with Crippen molar-refractivity contribution >= 4 is 17.9 Å². The van der Waals surface area contributed by atoms with Crippen molar-refractivity contribution in [1.29, 1.82) is 0 Å². The molecule has 150 valence electrons. The van der Waals surface area contributed by atoms with Crippen LogP contribution >= 0.6 is 0 Å². The van der Waals surface area contributed by atoms with Gasteiger partial charge in [-0.25, -0.2) is 19.1 Å². The molecule has 9 nitrogen and oxygen atoms in total. The SMILES string of the molecule is CCOc1ccc([C@@H](C)Nc2ncc(F)c(N3C(=O)OC[C@@H]3[C@@H](C)O)n2)nc1. The van der Waals surface area contributed by atoms with Crippen LogP contribution in [0.5, 0.6) is 5.75 Å². The van der Waals surface area contributed by atoms with Gasteiger partial charge in [-0.2, -0.15) is 4.98 Å². The average Bonchev–Trinajstić information content (AvgIpc) is 3.06. The highest BCUT2D eigenvalue weighted by Crippen LogP contribution is 2.27. The number of carbonyl (C=O) groups excluding carboxylic acids is 1. The number of halogens is 1. The average molecular weight is 391 g/mol. The standard InChI is InChI=1S/C18H22FN5O4/c1-4-27-12-5-6-14(20-7-12)10(2)22-17-21-8-13(19)16(23-17)24-15(11(3)25)9-28-18(24)26/h5-8,10-11,15,25H,4,9H2,1-3H3,(H,21,22,23)/t10-,11-,15-/m1/s1. The van der Waals surface area contributed by atoms with Gasteiger partial charge in [-0.3, -0.25) is 4.98 Å². The molecule has 0 aromatic carbocycles. The van der Waals surface area contributed by atoms with Crippen molar-refractivity contribution in [3.8, 4) is 5.75 Å². The van der Waals surface area contributed by atoms with E-state index in [-0.39, 0.29) is 24.4 Å². The summed E-state index contributed by atoms with van der Waals surface area (Å²) in [6, 6.07) is 2.59. The normalized spacial score (nSPS) is 18.5. The minimum Gasteiger partial charge on any atom is -0.492 e. The zero-order valence-electron chi connectivity index (χ0n) is 15.8. The molecule has 2 N–H and O–H groups in total. The van der Waals surface area contributed by atoms with E-state index in [1.807, 2.05) is 13.8 Å². The molecule has 2 aromatic rings. The van der Waals surface area contributed by atoms with E-state index < -0.39 is 24.1 Å². The first-order valence-corrected chi connectivity index (χ1v) is 8.92. The Hall–Kier alpha value is -3.01. The molecule has 1 amide bonds. The Labute approximate surface area is 161 Å². The Bertz CT molecular complexity index is 833. The monoisotopic (exact) mass is 391 g/mol. The third-order valence-corrected chi connectivity index (χ3v) is 4.28. The van der Waals surface area contributed by atoms with E-state index in [0.717, 1.165) is 11.1 Å². The van der Waals surface area contributed by atoms with Crippen LogP contribution in [0.3, 0.4) is 0 Å². The van der Waals surface area contributed by atoms with Gasteiger partial charge in [-0.05, 0) is 32.9 Å². The number of nitrogens with zero attached hydrogens (tertiary/aromatic N) is 4. The number of aromatic nitrogens is 3. The van der Waals surface area contributed by atoms with Crippen LogP contribution in [-0.4, -0.2) is 51.5 Å². The van der Waals surface area contributed by atoms with Gasteiger partial charge in [-0.1, -0.05) is 0 Å².